The first-order chi connectivity index (χ1) is 10.6. The molecule has 6 nitrogen and oxygen atoms in total. The first kappa shape index (κ1) is 14.8. The number of halogens is 1. The Morgan fingerprint density at radius 2 is 2.32 bits per heavy atom. The molecule has 0 aromatic carbocycles. The second-order valence-electron chi connectivity index (χ2n) is 5.27. The zero-order valence-corrected chi connectivity index (χ0v) is 12.9. The van der Waals surface area contributed by atoms with Crippen molar-refractivity contribution < 1.29 is 14.6 Å². The van der Waals surface area contributed by atoms with Crippen LogP contribution < -0.4 is 4.74 Å². The van der Waals surface area contributed by atoms with Crippen LogP contribution in [0.4, 0.5) is 0 Å². The summed E-state index contributed by atoms with van der Waals surface area (Å²) in [7, 11) is 0. The molecule has 1 N–H and O–H groups in total. The van der Waals surface area contributed by atoms with Gasteiger partial charge in [0.2, 0.25) is 5.88 Å². The highest BCUT2D eigenvalue weighted by atomic mass is 35.5. The van der Waals surface area contributed by atoms with E-state index in [0.29, 0.717) is 29.7 Å². The van der Waals surface area contributed by atoms with E-state index < -0.39 is 5.97 Å². The molecule has 2 aromatic rings. The van der Waals surface area contributed by atoms with Gasteiger partial charge in [0.1, 0.15) is 10.6 Å². The molecule has 0 spiro atoms. The van der Waals surface area contributed by atoms with Gasteiger partial charge in [0.25, 0.3) is 0 Å². The van der Waals surface area contributed by atoms with Gasteiger partial charge in [-0.3, -0.25) is 4.68 Å². The lowest BCUT2D eigenvalue weighted by atomic mass is 10.2. The molecule has 0 aliphatic heterocycles. The van der Waals surface area contributed by atoms with Gasteiger partial charge in [-0.1, -0.05) is 11.6 Å². The topological polar surface area (TPSA) is 77.2 Å². The van der Waals surface area contributed by atoms with Gasteiger partial charge >= 0.3 is 5.97 Å². The molecule has 116 valence electrons. The van der Waals surface area contributed by atoms with Crippen LogP contribution in [0.5, 0.6) is 5.88 Å². The number of aromatic carboxylic acids is 1. The van der Waals surface area contributed by atoms with E-state index in [9.17, 15) is 9.90 Å². The fraction of sp³-hybridized carbons (Fsp3) is 0.400. The van der Waals surface area contributed by atoms with Crippen molar-refractivity contribution in [2.45, 2.75) is 32.2 Å². The summed E-state index contributed by atoms with van der Waals surface area (Å²) in [5.74, 6) is -0.247. The molecule has 1 aliphatic carbocycles. The van der Waals surface area contributed by atoms with Gasteiger partial charge in [0, 0.05) is 18.3 Å². The monoisotopic (exact) mass is 321 g/mol. The normalized spacial score (nSPS) is 14.1. The van der Waals surface area contributed by atoms with Gasteiger partial charge in [-0.25, -0.2) is 9.78 Å². The number of carbonyl (C=O) groups is 1. The maximum atomic E-state index is 11.3. The summed E-state index contributed by atoms with van der Waals surface area (Å²) in [6.45, 7) is 2.78. The molecule has 0 saturated heterocycles. The number of rotatable bonds is 6. The number of hydrogen-bond acceptors (Lipinski definition) is 4. The number of aromatic nitrogens is 3. The number of carboxylic acids is 1. The van der Waals surface area contributed by atoms with E-state index in [2.05, 4.69) is 10.1 Å². The van der Waals surface area contributed by atoms with Gasteiger partial charge in [0.15, 0.2) is 0 Å². The number of pyridine rings is 1. The Labute approximate surface area is 132 Å². The van der Waals surface area contributed by atoms with Crippen molar-refractivity contribution in [3.05, 3.63) is 40.3 Å². The van der Waals surface area contributed by atoms with E-state index in [4.69, 9.17) is 16.3 Å². The third-order valence-corrected chi connectivity index (χ3v) is 3.75. The van der Waals surface area contributed by atoms with Crippen LogP contribution in [0.2, 0.25) is 5.02 Å². The van der Waals surface area contributed by atoms with Crippen LogP contribution in [-0.2, 0) is 6.54 Å². The molecule has 7 heteroatoms. The van der Waals surface area contributed by atoms with Gasteiger partial charge in [0.05, 0.1) is 18.8 Å². The second-order valence-corrected chi connectivity index (χ2v) is 5.68. The van der Waals surface area contributed by atoms with Crippen LogP contribution in [0.3, 0.4) is 0 Å². The van der Waals surface area contributed by atoms with Gasteiger partial charge < -0.3 is 9.84 Å². The third kappa shape index (κ3) is 3.06. The Morgan fingerprint density at radius 3 is 2.91 bits per heavy atom. The van der Waals surface area contributed by atoms with E-state index in [1.807, 2.05) is 6.92 Å². The molecule has 2 aromatic heterocycles. The van der Waals surface area contributed by atoms with E-state index in [-0.39, 0.29) is 11.5 Å². The summed E-state index contributed by atoms with van der Waals surface area (Å²) >= 11 is 6.11. The Bertz CT molecular complexity index is 710. The molecular weight excluding hydrogens is 306 g/mol. The molecule has 1 saturated carbocycles. The van der Waals surface area contributed by atoms with Crippen LogP contribution in [0.15, 0.2) is 18.5 Å². The zero-order chi connectivity index (χ0) is 15.7. The predicted octanol–water partition coefficient (Wildman–Crippen LogP) is 2.95. The van der Waals surface area contributed by atoms with E-state index in [1.165, 1.54) is 0 Å². The molecule has 0 unspecified atom stereocenters. The maximum absolute atomic E-state index is 11.3. The minimum absolute atomic E-state index is 0.285. The van der Waals surface area contributed by atoms with Gasteiger partial charge in [-0.2, -0.15) is 5.10 Å². The standard InChI is InChI=1S/C15H16ClN3O3/c1-2-22-14-12(16)5-9(6-17-14)7-19-8-11(15(20)21)13(18-19)10-3-4-10/h5-6,8,10H,2-4,7H2,1H3,(H,20,21). The van der Waals surface area contributed by atoms with Crippen LogP contribution >= 0.6 is 11.6 Å². The van der Waals surface area contributed by atoms with E-state index in [0.717, 1.165) is 18.4 Å². The molecule has 3 rings (SSSR count). The summed E-state index contributed by atoms with van der Waals surface area (Å²) < 4.78 is 6.92. The minimum Gasteiger partial charge on any atom is -0.478 e. The Kier molecular flexibility index (Phi) is 4.02. The Morgan fingerprint density at radius 1 is 1.55 bits per heavy atom. The average Bonchev–Trinajstić information content (AvgIpc) is 3.23. The summed E-state index contributed by atoms with van der Waals surface area (Å²) in [4.78, 5) is 15.5. The first-order valence-corrected chi connectivity index (χ1v) is 7.54. The fourth-order valence-corrected chi connectivity index (χ4v) is 2.57. The van der Waals surface area contributed by atoms with E-state index in [1.54, 1.807) is 23.1 Å². The second kappa shape index (κ2) is 5.96. The lowest BCUT2D eigenvalue weighted by Gasteiger charge is -2.06. The molecule has 1 aliphatic rings. The lowest BCUT2D eigenvalue weighted by molar-refractivity contribution is 0.0695. The number of carboxylic acid groups (broad SMARTS) is 1. The van der Waals surface area contributed by atoms with Crippen LogP contribution in [0, 0.1) is 0 Å². The van der Waals surface area contributed by atoms with Crippen molar-refractivity contribution >= 4 is 17.6 Å². The molecule has 0 radical (unpaired) electrons. The van der Waals surface area contributed by atoms with Crippen LogP contribution in [0.25, 0.3) is 0 Å². The highest BCUT2D eigenvalue weighted by molar-refractivity contribution is 6.31. The largest absolute Gasteiger partial charge is 0.478 e. The molecule has 1 fully saturated rings. The van der Waals surface area contributed by atoms with Crippen molar-refractivity contribution in [2.75, 3.05) is 6.61 Å². The average molecular weight is 322 g/mol. The summed E-state index contributed by atoms with van der Waals surface area (Å²) in [5, 5.41) is 14.1. The van der Waals surface area contributed by atoms with Crippen molar-refractivity contribution in [2.24, 2.45) is 0 Å². The maximum Gasteiger partial charge on any atom is 0.339 e. The van der Waals surface area contributed by atoms with Crippen molar-refractivity contribution in [1.29, 1.82) is 0 Å². The molecule has 0 amide bonds. The quantitative estimate of drug-likeness (QED) is 0.885. The molecule has 22 heavy (non-hydrogen) atoms. The molecule has 0 atom stereocenters. The minimum atomic E-state index is -0.934. The van der Waals surface area contributed by atoms with Gasteiger partial charge in [-0.15, -0.1) is 0 Å². The number of hydrogen-bond donors (Lipinski definition) is 1. The van der Waals surface area contributed by atoms with Crippen molar-refractivity contribution in [1.82, 2.24) is 14.8 Å². The van der Waals surface area contributed by atoms with E-state index >= 15 is 0 Å². The van der Waals surface area contributed by atoms with Crippen LogP contribution in [-0.4, -0.2) is 32.4 Å². The predicted molar refractivity (Wildman–Crippen MR) is 80.7 cm³/mol. The highest BCUT2D eigenvalue weighted by Crippen LogP contribution is 2.40. The Balaban J connectivity index is 1.82. The van der Waals surface area contributed by atoms with Crippen molar-refractivity contribution in [3.63, 3.8) is 0 Å². The highest BCUT2D eigenvalue weighted by Gasteiger charge is 2.31. The number of ether oxygens (including phenoxy) is 1. The number of nitrogens with zero attached hydrogens (tertiary/aromatic N) is 3. The summed E-state index contributed by atoms with van der Waals surface area (Å²) in [5.41, 5.74) is 1.81. The third-order valence-electron chi connectivity index (χ3n) is 3.47. The fourth-order valence-electron chi connectivity index (χ4n) is 2.32. The summed E-state index contributed by atoms with van der Waals surface area (Å²) in [6, 6.07) is 1.76. The molecular formula is C15H16ClN3O3. The summed E-state index contributed by atoms with van der Waals surface area (Å²) in [6.07, 6.45) is 5.25. The van der Waals surface area contributed by atoms with Crippen LogP contribution in [0.1, 0.15) is 47.3 Å². The Hall–Kier alpha value is -2.08. The van der Waals surface area contributed by atoms with Gasteiger partial charge in [-0.05, 0) is 31.4 Å². The lowest BCUT2D eigenvalue weighted by Crippen LogP contribution is -2.03. The smallest absolute Gasteiger partial charge is 0.339 e. The first-order valence-electron chi connectivity index (χ1n) is 7.16. The van der Waals surface area contributed by atoms with Crippen molar-refractivity contribution in [3.8, 4) is 5.88 Å². The zero-order valence-electron chi connectivity index (χ0n) is 12.1. The molecule has 2 heterocycles. The SMILES string of the molecule is CCOc1ncc(Cn2cc(C(=O)O)c(C3CC3)n2)cc1Cl. The molecule has 0 bridgehead atoms.